The lowest BCUT2D eigenvalue weighted by molar-refractivity contribution is -0.126. The number of thiophene rings is 4. The fourth-order valence-electron chi connectivity index (χ4n) is 17.5. The Labute approximate surface area is 679 Å². The van der Waals surface area contributed by atoms with Crippen LogP contribution in [0.1, 0.15) is 113 Å². The zero-order valence-corrected chi connectivity index (χ0v) is 68.8. The second-order valence-corrected chi connectivity index (χ2v) is 35.2. The van der Waals surface area contributed by atoms with Crippen molar-refractivity contribution in [3.05, 3.63) is 146 Å². The predicted octanol–water partition coefficient (Wildman–Crippen LogP) is 12.6. The van der Waals surface area contributed by atoms with Crippen molar-refractivity contribution in [2.45, 2.75) is 130 Å². The number of anilines is 5. The number of benzene rings is 2. The first-order valence-electron chi connectivity index (χ1n) is 40.5. The lowest BCUT2D eigenvalue weighted by Gasteiger charge is -2.37. The van der Waals surface area contributed by atoms with E-state index < -0.39 is 5.54 Å². The first-order chi connectivity index (χ1) is 55.8. The van der Waals surface area contributed by atoms with Gasteiger partial charge in [0.1, 0.15) is 103 Å². The zero-order chi connectivity index (χ0) is 77.8. The molecule has 20 rings (SSSR count). The van der Waals surface area contributed by atoms with Crippen LogP contribution in [0.15, 0.2) is 98.2 Å². The van der Waals surface area contributed by atoms with Gasteiger partial charge in [-0.05, 0) is 187 Å². The lowest BCUT2D eigenvalue weighted by atomic mass is 9.87. The van der Waals surface area contributed by atoms with Crippen LogP contribution in [0, 0.1) is 25.7 Å². The minimum atomic E-state index is -0.747. The molecular formula is C84H98N20O6S4. The van der Waals surface area contributed by atoms with Crippen LogP contribution in [-0.4, -0.2) is 195 Å². The molecule has 15 heterocycles. The van der Waals surface area contributed by atoms with Crippen molar-refractivity contribution in [3.63, 3.8) is 0 Å². The number of methoxy groups -OCH3 is 1. The summed E-state index contributed by atoms with van der Waals surface area (Å²) in [5.74, 6) is 8.55. The van der Waals surface area contributed by atoms with Gasteiger partial charge in [-0.25, -0.2) is 44.7 Å². The number of piperidine rings is 2. The molecule has 4 amide bonds. The number of carbonyl (C=O) groups excluding carboxylic acids is 3. The number of para-hydroxylation sites is 2. The normalized spacial score (nSPS) is 18.2. The van der Waals surface area contributed by atoms with E-state index in [0.29, 0.717) is 52.1 Å². The molecule has 0 saturated carbocycles. The maximum Gasteiger partial charge on any atom is 0.322 e. The number of rotatable bonds is 16. The summed E-state index contributed by atoms with van der Waals surface area (Å²) >= 11 is 7.26. The Balaban J connectivity index is 0.000000110. The van der Waals surface area contributed by atoms with Gasteiger partial charge in [0.05, 0.1) is 40.9 Å². The number of imide groups is 1. The molecule has 2 aromatic carbocycles. The fraction of sp³-hybridized carbons (Fsp3) is 0.464. The number of carbonyl (C=O) groups is 3. The predicted molar refractivity (Wildman–Crippen MR) is 454 cm³/mol. The second kappa shape index (κ2) is 34.2. The van der Waals surface area contributed by atoms with Crippen molar-refractivity contribution in [1.82, 2.24) is 75.3 Å². The van der Waals surface area contributed by atoms with Crippen LogP contribution in [0.5, 0.6) is 17.2 Å². The molecule has 114 heavy (non-hydrogen) atoms. The average molecular weight is 1610 g/mol. The molecule has 1 atom stereocenters. The van der Waals surface area contributed by atoms with E-state index in [1.807, 2.05) is 88.7 Å². The van der Waals surface area contributed by atoms with Crippen LogP contribution >= 0.6 is 45.3 Å². The van der Waals surface area contributed by atoms with Gasteiger partial charge in [0.25, 0.3) is 5.91 Å². The highest BCUT2D eigenvalue weighted by molar-refractivity contribution is 7.20. The molecule has 5 fully saturated rings. The topological polar surface area (TPSA) is 268 Å². The Bertz CT molecular complexity index is 5440. The molecule has 1 unspecified atom stereocenters. The van der Waals surface area contributed by atoms with Crippen molar-refractivity contribution in [3.8, 4) is 17.2 Å². The number of aryl methyl sites for hydroxylation is 7. The van der Waals surface area contributed by atoms with E-state index in [1.165, 1.54) is 120 Å². The number of nitrogens with zero attached hydrogens (tertiary/aromatic N) is 17. The summed E-state index contributed by atoms with van der Waals surface area (Å²) in [6, 6.07) is 21.6. The Kier molecular flexibility index (Phi) is 23.0. The Morgan fingerprint density at radius 1 is 0.570 bits per heavy atom. The third-order valence-electron chi connectivity index (χ3n) is 23.9. The molecule has 10 aromatic heterocycles. The molecule has 30 heteroatoms. The molecular weight excluding hydrogens is 1510 g/mol. The van der Waals surface area contributed by atoms with Crippen LogP contribution in [0.4, 0.5) is 33.8 Å². The molecule has 3 aliphatic carbocycles. The van der Waals surface area contributed by atoms with E-state index in [4.69, 9.17) is 24.2 Å². The van der Waals surface area contributed by atoms with Crippen LogP contribution in [-0.2, 0) is 54.5 Å². The van der Waals surface area contributed by atoms with Gasteiger partial charge in [0.15, 0.2) is 5.65 Å². The molecule has 26 nitrogen and oxygen atoms in total. The van der Waals surface area contributed by atoms with Crippen LogP contribution in [0.25, 0.3) is 46.5 Å². The van der Waals surface area contributed by atoms with Gasteiger partial charge in [-0.3, -0.25) is 24.2 Å². The maximum atomic E-state index is 12.7. The first kappa shape index (κ1) is 76.6. The van der Waals surface area contributed by atoms with Gasteiger partial charge in [0, 0.05) is 130 Å². The minimum absolute atomic E-state index is 0.0361. The van der Waals surface area contributed by atoms with Gasteiger partial charge in [-0.15, -0.1) is 55.5 Å². The first-order valence-corrected chi connectivity index (χ1v) is 43.7. The fourth-order valence-corrected chi connectivity index (χ4v) is 22.3. The van der Waals surface area contributed by atoms with Crippen LogP contribution < -0.4 is 54.7 Å². The summed E-state index contributed by atoms with van der Waals surface area (Å²) in [5, 5.41) is 21.7. The van der Waals surface area contributed by atoms with Crippen molar-refractivity contribution < 1.29 is 28.6 Å². The van der Waals surface area contributed by atoms with Gasteiger partial charge in [0.2, 0.25) is 5.91 Å². The minimum Gasteiger partial charge on any atom is -0.497 e. The average Bonchev–Trinajstić information content (AvgIpc) is 1.61. The number of amides is 4. The molecule has 5 saturated heterocycles. The van der Waals surface area contributed by atoms with Gasteiger partial charge in [-0.2, -0.15) is 0 Å². The van der Waals surface area contributed by atoms with Crippen molar-refractivity contribution in [2.75, 3.05) is 136 Å². The Hall–Kier alpha value is -10.0. The number of nitrogens with one attached hydrogen (secondary N) is 3. The van der Waals surface area contributed by atoms with E-state index in [9.17, 15) is 14.4 Å². The summed E-state index contributed by atoms with van der Waals surface area (Å²) in [7, 11) is 1.68. The Morgan fingerprint density at radius 2 is 1.12 bits per heavy atom. The van der Waals surface area contributed by atoms with E-state index >= 15 is 0 Å². The van der Waals surface area contributed by atoms with Crippen LogP contribution in [0.3, 0.4) is 0 Å². The van der Waals surface area contributed by atoms with Crippen LogP contribution in [0.2, 0.25) is 0 Å². The molecule has 594 valence electrons. The SMILES string of the molecule is CC1CCc2c(sc3ncnc(N4CCC5(CC4)NC(=O)NC5=O)c23)C1.CCOc1ccccc1N1CCN(c2ncnc3sc4c(c23)CCC4)CC1.COc1ccc(OCCN2CCN(c3ncnc4sc5c(c34)CCCC5)CC2)cc1.Cc1sc2ncnc(N3CCC(C(=O)NCCc4nnc5ccccn45)CC3)c2c1C. The third-order valence-corrected chi connectivity index (χ3v) is 28.5. The van der Waals surface area contributed by atoms with Crippen molar-refractivity contribution >= 4 is 139 Å². The summed E-state index contributed by atoms with van der Waals surface area (Å²) in [5.41, 5.74) is 6.99. The quantitative estimate of drug-likeness (QED) is 0.0759. The largest absolute Gasteiger partial charge is 0.497 e. The number of fused-ring (bicyclic) bond motifs is 11. The molecule has 12 aromatic rings. The summed E-state index contributed by atoms with van der Waals surface area (Å²) in [4.78, 5) is 97.7. The molecule has 0 radical (unpaired) electrons. The highest BCUT2D eigenvalue weighted by atomic mass is 32.1. The lowest BCUT2D eigenvalue weighted by Crippen LogP contribution is -2.55. The van der Waals surface area contributed by atoms with E-state index in [2.05, 4.69) is 124 Å². The number of piperazine rings is 2. The van der Waals surface area contributed by atoms with E-state index in [0.717, 1.165) is 175 Å². The molecule has 3 N–H and O–H groups in total. The van der Waals surface area contributed by atoms with Crippen molar-refractivity contribution in [1.29, 1.82) is 0 Å². The monoisotopic (exact) mass is 1610 g/mol. The number of hydrogen-bond donors (Lipinski definition) is 3. The second-order valence-electron chi connectivity index (χ2n) is 30.8. The Morgan fingerprint density at radius 3 is 1.76 bits per heavy atom. The molecule has 1 spiro atoms. The summed E-state index contributed by atoms with van der Waals surface area (Å²) in [6.07, 6.45) is 24.3. The molecule has 5 aliphatic heterocycles. The maximum absolute atomic E-state index is 12.7. The number of pyridine rings is 1. The van der Waals surface area contributed by atoms with Gasteiger partial charge >= 0.3 is 6.03 Å². The third kappa shape index (κ3) is 16.0. The molecule has 0 bridgehead atoms. The van der Waals surface area contributed by atoms with E-state index in [-0.39, 0.29) is 23.8 Å². The number of hydrogen-bond acceptors (Lipinski definition) is 26. The zero-order valence-electron chi connectivity index (χ0n) is 65.5. The number of urea groups is 1. The van der Waals surface area contributed by atoms with Gasteiger partial charge in [-0.1, -0.05) is 25.1 Å². The molecule has 8 aliphatic rings. The summed E-state index contributed by atoms with van der Waals surface area (Å²) < 4.78 is 18.9. The highest BCUT2D eigenvalue weighted by Crippen LogP contribution is 2.45. The smallest absolute Gasteiger partial charge is 0.322 e. The number of aromatic nitrogens is 11. The standard InChI is InChI=1S/C23H28N4O2S.C22H25N7OS.C21H24N4OS.C18H21N5O2S/c1-28-17-6-8-18(9-7-17)29-15-14-26-10-12-27(13-11-26)22-21-19-4-2-3-5-20(19)30-23(21)25-16-24-22;1-14-15(2)31-22-19(14)20(24-13-25-22)28-11-7-16(8-12-28)21(30)23-9-6-18-27-26-17-5-3-4-10-29(17)18;1-2-26-17-8-4-3-7-16(17)24-10-12-25(13-11-24)20-19-15-6-5-9-18(15)27-21(19)23-14-22-20;1-10-2-3-11-12(8-10)26-15-13(11)14(19-9-20-15)23-6-4-18(5-7-23)16(24)21-17(25)22-18/h6-9,16H,2-5,10-15H2,1H3;3-5,10,13,16H,6-9,11-12H2,1-2H3,(H,23,30);3-4,7-8,14H,2,5-6,9-13H2,1H3;9-10H,2-8H2,1H3,(H2,21,22,24,25). The van der Waals surface area contributed by atoms with Crippen molar-refractivity contribution in [2.24, 2.45) is 11.8 Å². The summed E-state index contributed by atoms with van der Waals surface area (Å²) in [6.45, 7) is 22.5. The van der Waals surface area contributed by atoms with E-state index in [1.54, 1.807) is 55.1 Å². The highest BCUT2D eigenvalue weighted by Gasteiger charge is 2.48. The number of ether oxygens (including phenoxy) is 3. The van der Waals surface area contributed by atoms with Gasteiger partial charge < -0.3 is 49.3 Å².